The van der Waals surface area contributed by atoms with E-state index in [1.807, 2.05) is 12.1 Å². The Hall–Kier alpha value is -0.190. The number of hydrogen-bond donors (Lipinski definition) is 0. The Morgan fingerprint density at radius 1 is 1.42 bits per heavy atom. The first kappa shape index (κ1) is 8.41. The highest BCUT2D eigenvalue weighted by Gasteiger charge is 2.04. The summed E-state index contributed by atoms with van der Waals surface area (Å²) in [6.45, 7) is 0. The average molecular weight is 264 g/mol. The first-order valence-corrected chi connectivity index (χ1v) is 5.51. The van der Waals surface area contributed by atoms with Gasteiger partial charge in [0.1, 0.15) is 11.0 Å². The van der Waals surface area contributed by atoms with Crippen LogP contribution in [0.1, 0.15) is 5.56 Å². The van der Waals surface area contributed by atoms with Gasteiger partial charge in [0, 0.05) is 5.33 Å². The number of halogens is 2. The van der Waals surface area contributed by atoms with Gasteiger partial charge in [-0.3, -0.25) is 0 Å². The van der Waals surface area contributed by atoms with E-state index in [4.69, 9.17) is 11.6 Å². The maximum atomic E-state index is 5.97. The highest BCUT2D eigenvalue weighted by Crippen LogP contribution is 2.24. The number of rotatable bonds is 1. The maximum absolute atomic E-state index is 5.97. The van der Waals surface area contributed by atoms with Crippen molar-refractivity contribution in [2.75, 3.05) is 0 Å². The fraction of sp³-hybridized carbons (Fsp3) is 0.143. The van der Waals surface area contributed by atoms with Gasteiger partial charge in [-0.2, -0.15) is 8.75 Å². The van der Waals surface area contributed by atoms with Crippen LogP contribution in [0.4, 0.5) is 0 Å². The quantitative estimate of drug-likeness (QED) is 0.738. The summed E-state index contributed by atoms with van der Waals surface area (Å²) >= 11 is 10.5. The number of alkyl halides is 1. The van der Waals surface area contributed by atoms with Crippen LogP contribution in [0.5, 0.6) is 0 Å². The van der Waals surface area contributed by atoms with Crippen molar-refractivity contribution in [3.05, 3.63) is 22.7 Å². The SMILES string of the molecule is Clc1cc(CBr)cc2nsnc12. The van der Waals surface area contributed by atoms with Crippen molar-refractivity contribution in [2.45, 2.75) is 5.33 Å². The van der Waals surface area contributed by atoms with Gasteiger partial charge in [0.2, 0.25) is 0 Å². The monoisotopic (exact) mass is 262 g/mol. The van der Waals surface area contributed by atoms with Crippen LogP contribution in [0.15, 0.2) is 12.1 Å². The van der Waals surface area contributed by atoms with Gasteiger partial charge in [-0.1, -0.05) is 27.5 Å². The lowest BCUT2D eigenvalue weighted by atomic mass is 10.2. The molecule has 0 spiro atoms. The third-order valence-corrected chi connectivity index (χ3v) is 3.01. The van der Waals surface area contributed by atoms with Crippen LogP contribution >= 0.6 is 39.3 Å². The molecule has 0 aliphatic heterocycles. The summed E-state index contributed by atoms with van der Waals surface area (Å²) in [4.78, 5) is 0. The Labute approximate surface area is 87.0 Å². The van der Waals surface area contributed by atoms with Crippen LogP contribution in [0.25, 0.3) is 11.0 Å². The zero-order valence-electron chi connectivity index (χ0n) is 5.92. The molecule has 2 aromatic rings. The zero-order valence-corrected chi connectivity index (χ0v) is 9.08. The third-order valence-electron chi connectivity index (χ3n) is 1.53. The molecule has 12 heavy (non-hydrogen) atoms. The van der Waals surface area contributed by atoms with E-state index in [0.29, 0.717) is 5.02 Å². The average Bonchev–Trinajstić information content (AvgIpc) is 2.52. The molecule has 5 heteroatoms. The van der Waals surface area contributed by atoms with E-state index in [1.165, 1.54) is 11.7 Å². The Morgan fingerprint density at radius 2 is 2.25 bits per heavy atom. The number of fused-ring (bicyclic) bond motifs is 1. The lowest BCUT2D eigenvalue weighted by Gasteiger charge is -1.95. The molecule has 1 aromatic heterocycles. The second-order valence-corrected chi connectivity index (χ2v) is 3.84. The molecule has 0 saturated heterocycles. The van der Waals surface area contributed by atoms with Crippen molar-refractivity contribution in [2.24, 2.45) is 0 Å². The van der Waals surface area contributed by atoms with Gasteiger partial charge in [-0.15, -0.1) is 0 Å². The minimum absolute atomic E-state index is 0.677. The van der Waals surface area contributed by atoms with Crippen LogP contribution in [0.3, 0.4) is 0 Å². The Balaban J connectivity index is 2.75. The summed E-state index contributed by atoms with van der Waals surface area (Å²) < 4.78 is 8.19. The summed E-state index contributed by atoms with van der Waals surface area (Å²) in [7, 11) is 0. The summed E-state index contributed by atoms with van der Waals surface area (Å²) in [5.74, 6) is 0. The second kappa shape index (κ2) is 3.28. The Kier molecular flexibility index (Phi) is 2.30. The molecular formula is C7H4BrClN2S. The molecule has 62 valence electrons. The molecule has 0 aliphatic carbocycles. The number of nitrogens with zero attached hydrogens (tertiary/aromatic N) is 2. The molecule has 0 atom stereocenters. The summed E-state index contributed by atoms with van der Waals surface area (Å²) in [5.41, 5.74) is 2.80. The zero-order chi connectivity index (χ0) is 8.55. The van der Waals surface area contributed by atoms with Gasteiger partial charge in [0.15, 0.2) is 0 Å². The van der Waals surface area contributed by atoms with Gasteiger partial charge < -0.3 is 0 Å². The van der Waals surface area contributed by atoms with Gasteiger partial charge in [0.25, 0.3) is 0 Å². The molecule has 0 unspecified atom stereocenters. The fourth-order valence-corrected chi connectivity index (χ4v) is 2.18. The lowest BCUT2D eigenvalue weighted by molar-refractivity contribution is 1.45. The molecule has 2 nitrogen and oxygen atoms in total. The van der Waals surface area contributed by atoms with E-state index in [1.54, 1.807) is 0 Å². The smallest absolute Gasteiger partial charge is 0.123 e. The first-order chi connectivity index (χ1) is 5.81. The molecular weight excluding hydrogens is 260 g/mol. The van der Waals surface area contributed by atoms with Crippen molar-refractivity contribution in [3.63, 3.8) is 0 Å². The van der Waals surface area contributed by atoms with Crippen molar-refractivity contribution in [1.82, 2.24) is 8.75 Å². The fourth-order valence-electron chi connectivity index (χ4n) is 0.981. The lowest BCUT2D eigenvalue weighted by Crippen LogP contribution is -1.79. The van der Waals surface area contributed by atoms with E-state index in [-0.39, 0.29) is 0 Å². The summed E-state index contributed by atoms with van der Waals surface area (Å²) in [6.07, 6.45) is 0. The molecule has 0 fully saturated rings. The second-order valence-electron chi connectivity index (χ2n) is 2.34. The van der Waals surface area contributed by atoms with Crippen LogP contribution in [0.2, 0.25) is 5.02 Å². The molecule has 0 radical (unpaired) electrons. The van der Waals surface area contributed by atoms with Crippen LogP contribution < -0.4 is 0 Å². The molecule has 0 saturated carbocycles. The van der Waals surface area contributed by atoms with E-state index >= 15 is 0 Å². The molecule has 1 aromatic carbocycles. The predicted molar refractivity (Wildman–Crippen MR) is 55.1 cm³/mol. The highest BCUT2D eigenvalue weighted by molar-refractivity contribution is 9.08. The Bertz CT molecular complexity index is 415. The van der Waals surface area contributed by atoms with E-state index in [9.17, 15) is 0 Å². The van der Waals surface area contributed by atoms with Gasteiger partial charge >= 0.3 is 0 Å². The van der Waals surface area contributed by atoms with Crippen molar-refractivity contribution in [3.8, 4) is 0 Å². The third kappa shape index (κ3) is 1.34. The topological polar surface area (TPSA) is 25.8 Å². The van der Waals surface area contributed by atoms with Gasteiger partial charge in [-0.05, 0) is 17.7 Å². The van der Waals surface area contributed by atoms with Crippen LogP contribution in [-0.2, 0) is 5.33 Å². The summed E-state index contributed by atoms with van der Waals surface area (Å²) in [5, 5.41) is 1.47. The normalized spacial score (nSPS) is 10.8. The standard InChI is InChI=1S/C7H4BrClN2S/c8-3-4-1-5(9)7-6(2-4)10-12-11-7/h1-2H,3H2. The van der Waals surface area contributed by atoms with E-state index in [2.05, 4.69) is 24.7 Å². The first-order valence-electron chi connectivity index (χ1n) is 3.28. The molecule has 1 heterocycles. The molecule has 0 amide bonds. The number of benzene rings is 1. The Morgan fingerprint density at radius 3 is 3.00 bits per heavy atom. The molecule has 0 aliphatic rings. The molecule has 0 bridgehead atoms. The minimum Gasteiger partial charge on any atom is -0.173 e. The van der Waals surface area contributed by atoms with Crippen LogP contribution in [-0.4, -0.2) is 8.75 Å². The maximum Gasteiger partial charge on any atom is 0.123 e. The van der Waals surface area contributed by atoms with Crippen molar-refractivity contribution >= 4 is 50.3 Å². The molecule has 2 rings (SSSR count). The minimum atomic E-state index is 0.677. The largest absolute Gasteiger partial charge is 0.173 e. The van der Waals surface area contributed by atoms with Crippen LogP contribution in [0, 0.1) is 0 Å². The highest BCUT2D eigenvalue weighted by atomic mass is 79.9. The van der Waals surface area contributed by atoms with Gasteiger partial charge in [-0.25, -0.2) is 0 Å². The van der Waals surface area contributed by atoms with E-state index < -0.39 is 0 Å². The number of aromatic nitrogens is 2. The molecule has 0 N–H and O–H groups in total. The van der Waals surface area contributed by atoms with Gasteiger partial charge in [0.05, 0.1) is 16.8 Å². The van der Waals surface area contributed by atoms with Crippen molar-refractivity contribution in [1.29, 1.82) is 0 Å². The van der Waals surface area contributed by atoms with E-state index in [0.717, 1.165) is 21.9 Å². The summed E-state index contributed by atoms with van der Waals surface area (Å²) in [6, 6.07) is 3.89. The van der Waals surface area contributed by atoms with Crippen molar-refractivity contribution < 1.29 is 0 Å². The predicted octanol–water partition coefficient (Wildman–Crippen LogP) is 3.24. The number of hydrogen-bond acceptors (Lipinski definition) is 3.